The summed E-state index contributed by atoms with van der Waals surface area (Å²) in [5, 5.41) is 19.7. The average Bonchev–Trinajstić information content (AvgIpc) is 3.29. The number of carboxylic acids is 1. The summed E-state index contributed by atoms with van der Waals surface area (Å²) in [6.45, 7) is 3.76. The molecule has 0 saturated heterocycles. The molecular formula is C28H27FN2O5. The topological polar surface area (TPSA) is 103 Å². The monoisotopic (exact) mass is 490 g/mol. The van der Waals surface area contributed by atoms with Crippen molar-refractivity contribution in [3.05, 3.63) is 83.8 Å². The first-order chi connectivity index (χ1) is 17.3. The molecule has 0 spiro atoms. The first kappa shape index (κ1) is 24.9. The predicted molar refractivity (Wildman–Crippen MR) is 136 cm³/mol. The average molecular weight is 491 g/mol. The molecule has 0 saturated carbocycles. The van der Waals surface area contributed by atoms with E-state index in [1.807, 2.05) is 6.92 Å². The molecule has 36 heavy (non-hydrogen) atoms. The van der Waals surface area contributed by atoms with Crippen LogP contribution in [0.1, 0.15) is 41.0 Å². The fraction of sp³-hybridized carbons (Fsp3) is 0.214. The Kier molecular flexibility index (Phi) is 7.36. The normalized spacial score (nSPS) is 11.9. The fourth-order valence-electron chi connectivity index (χ4n) is 4.06. The van der Waals surface area contributed by atoms with Crippen molar-refractivity contribution in [2.24, 2.45) is 0 Å². The van der Waals surface area contributed by atoms with Crippen LogP contribution in [0.4, 0.5) is 10.1 Å². The van der Waals surface area contributed by atoms with Crippen molar-refractivity contribution in [2.45, 2.75) is 26.3 Å². The summed E-state index contributed by atoms with van der Waals surface area (Å²) in [7, 11) is 0. The number of hydrogen-bond acceptors (Lipinski definition) is 4. The van der Waals surface area contributed by atoms with Crippen LogP contribution in [0.3, 0.4) is 0 Å². The van der Waals surface area contributed by atoms with E-state index >= 15 is 0 Å². The van der Waals surface area contributed by atoms with Crippen molar-refractivity contribution in [1.29, 1.82) is 0 Å². The third-order valence-corrected chi connectivity index (χ3v) is 5.94. The summed E-state index contributed by atoms with van der Waals surface area (Å²) in [5.41, 5.74) is 2.95. The molecule has 4 rings (SSSR count). The third kappa shape index (κ3) is 4.94. The number of aliphatic hydroxyl groups is 1. The summed E-state index contributed by atoms with van der Waals surface area (Å²) in [6.07, 6.45) is 2.36. The Balaban J connectivity index is 1.82. The van der Waals surface area contributed by atoms with Crippen LogP contribution < -0.4 is 9.64 Å². The van der Waals surface area contributed by atoms with E-state index < -0.39 is 23.7 Å². The van der Waals surface area contributed by atoms with Gasteiger partial charge in [0.1, 0.15) is 11.6 Å². The van der Waals surface area contributed by atoms with Crippen LogP contribution in [-0.4, -0.2) is 46.3 Å². The van der Waals surface area contributed by atoms with Crippen LogP contribution in [0.15, 0.2) is 66.9 Å². The zero-order valence-electron chi connectivity index (χ0n) is 20.0. The van der Waals surface area contributed by atoms with Crippen molar-refractivity contribution < 1.29 is 28.9 Å². The van der Waals surface area contributed by atoms with E-state index in [4.69, 9.17) is 4.74 Å². The van der Waals surface area contributed by atoms with Crippen LogP contribution in [0.5, 0.6) is 5.75 Å². The second kappa shape index (κ2) is 10.6. The Morgan fingerprint density at radius 2 is 1.78 bits per heavy atom. The third-order valence-electron chi connectivity index (χ3n) is 5.94. The molecule has 1 unspecified atom stereocenters. The number of H-pyrrole nitrogens is 1. The van der Waals surface area contributed by atoms with Gasteiger partial charge in [-0.05, 0) is 66.9 Å². The number of aromatic carboxylic acids is 1. The molecule has 0 fully saturated rings. The van der Waals surface area contributed by atoms with Crippen molar-refractivity contribution in [2.75, 3.05) is 18.1 Å². The van der Waals surface area contributed by atoms with Gasteiger partial charge in [0.2, 0.25) is 0 Å². The number of hydrogen-bond donors (Lipinski definition) is 3. The Morgan fingerprint density at radius 1 is 1.06 bits per heavy atom. The number of benzene rings is 3. The maximum Gasteiger partial charge on any atom is 0.335 e. The molecule has 3 aromatic carbocycles. The van der Waals surface area contributed by atoms with Crippen molar-refractivity contribution in [3.63, 3.8) is 0 Å². The van der Waals surface area contributed by atoms with Gasteiger partial charge in [-0.3, -0.25) is 4.79 Å². The van der Waals surface area contributed by atoms with Gasteiger partial charge in [-0.1, -0.05) is 25.1 Å². The molecule has 0 bridgehead atoms. The zero-order chi connectivity index (χ0) is 25.8. The summed E-state index contributed by atoms with van der Waals surface area (Å²) >= 11 is 0. The van der Waals surface area contributed by atoms with Crippen LogP contribution in [0.25, 0.3) is 22.0 Å². The maximum absolute atomic E-state index is 14.1. The Hall–Kier alpha value is -4.17. The van der Waals surface area contributed by atoms with E-state index in [-0.39, 0.29) is 17.7 Å². The summed E-state index contributed by atoms with van der Waals surface area (Å²) in [4.78, 5) is 29.7. The standard InChI is InChI=1S/C28H27FN2O5/c1-3-12-36-26-11-8-20(18-4-6-19(7-5-18)28(34)35)13-23(26)27(33)31(17(2)16-32)25-15-30-24-10-9-21(29)14-22(24)25/h4-11,13-15,17,30,32H,3,12,16H2,1-2H3,(H,34,35). The highest BCUT2D eigenvalue weighted by Gasteiger charge is 2.28. The number of amides is 1. The molecule has 1 amide bonds. The molecule has 4 aromatic rings. The van der Waals surface area contributed by atoms with Gasteiger partial charge in [0.15, 0.2) is 0 Å². The lowest BCUT2D eigenvalue weighted by Crippen LogP contribution is -2.41. The second-order valence-corrected chi connectivity index (χ2v) is 8.51. The van der Waals surface area contributed by atoms with Crippen LogP contribution in [0, 0.1) is 5.82 Å². The largest absolute Gasteiger partial charge is 0.493 e. The minimum atomic E-state index is -1.02. The summed E-state index contributed by atoms with van der Waals surface area (Å²) in [5.74, 6) is -1.50. The second-order valence-electron chi connectivity index (χ2n) is 8.51. The smallest absolute Gasteiger partial charge is 0.335 e. The number of aromatic amines is 1. The van der Waals surface area contributed by atoms with E-state index in [0.717, 1.165) is 12.0 Å². The van der Waals surface area contributed by atoms with Gasteiger partial charge in [-0.2, -0.15) is 0 Å². The number of rotatable bonds is 9. The van der Waals surface area contributed by atoms with Crippen molar-refractivity contribution in [3.8, 4) is 16.9 Å². The zero-order valence-corrected chi connectivity index (χ0v) is 20.0. The van der Waals surface area contributed by atoms with Gasteiger partial charge in [-0.25, -0.2) is 9.18 Å². The van der Waals surface area contributed by atoms with Crippen LogP contribution in [-0.2, 0) is 0 Å². The molecule has 0 aliphatic carbocycles. The van der Waals surface area contributed by atoms with Gasteiger partial charge >= 0.3 is 5.97 Å². The maximum atomic E-state index is 14.1. The number of nitrogens with one attached hydrogen (secondary N) is 1. The molecule has 1 heterocycles. The van der Waals surface area contributed by atoms with Gasteiger partial charge < -0.3 is 24.8 Å². The summed E-state index contributed by atoms with van der Waals surface area (Å²) in [6, 6.07) is 15.2. The molecule has 0 aliphatic rings. The van der Waals surface area contributed by atoms with Gasteiger partial charge in [-0.15, -0.1) is 0 Å². The molecule has 8 heteroatoms. The number of aromatic nitrogens is 1. The Morgan fingerprint density at radius 3 is 2.44 bits per heavy atom. The molecule has 1 aromatic heterocycles. The molecule has 0 aliphatic heterocycles. The van der Waals surface area contributed by atoms with Gasteiger partial charge in [0.25, 0.3) is 5.91 Å². The number of carbonyl (C=O) groups is 2. The minimum Gasteiger partial charge on any atom is -0.493 e. The first-order valence-corrected chi connectivity index (χ1v) is 11.7. The number of carboxylic acid groups (broad SMARTS) is 1. The number of nitrogens with zero attached hydrogens (tertiary/aromatic N) is 1. The minimum absolute atomic E-state index is 0.160. The van der Waals surface area contributed by atoms with Crippen LogP contribution >= 0.6 is 0 Å². The molecule has 3 N–H and O–H groups in total. The van der Waals surface area contributed by atoms with E-state index in [2.05, 4.69) is 4.98 Å². The number of ether oxygens (including phenoxy) is 1. The SMILES string of the molecule is CCCOc1ccc(-c2ccc(C(=O)O)cc2)cc1C(=O)N(c1c[nH]c2ccc(F)cc12)C(C)CO. The molecular weight excluding hydrogens is 463 g/mol. The number of anilines is 1. The van der Waals surface area contributed by atoms with Gasteiger partial charge in [0.05, 0.1) is 36.1 Å². The molecule has 0 radical (unpaired) electrons. The highest BCUT2D eigenvalue weighted by atomic mass is 19.1. The lowest BCUT2D eigenvalue weighted by atomic mass is 10.00. The molecule has 186 valence electrons. The summed E-state index contributed by atoms with van der Waals surface area (Å²) < 4.78 is 19.9. The quantitative estimate of drug-likeness (QED) is 0.288. The molecule has 1 atom stereocenters. The Labute approximate surface area is 207 Å². The highest BCUT2D eigenvalue weighted by molar-refractivity contribution is 6.12. The van der Waals surface area contributed by atoms with E-state index in [0.29, 0.717) is 34.5 Å². The van der Waals surface area contributed by atoms with Crippen molar-refractivity contribution in [1.82, 2.24) is 4.98 Å². The van der Waals surface area contributed by atoms with Gasteiger partial charge in [0, 0.05) is 17.1 Å². The van der Waals surface area contributed by atoms with Crippen molar-refractivity contribution >= 4 is 28.5 Å². The fourth-order valence-corrected chi connectivity index (χ4v) is 4.06. The molecule has 7 nitrogen and oxygen atoms in total. The highest BCUT2D eigenvalue weighted by Crippen LogP contribution is 2.34. The number of aliphatic hydroxyl groups excluding tert-OH is 1. The van der Waals surface area contributed by atoms with E-state index in [1.165, 1.54) is 29.2 Å². The lowest BCUT2D eigenvalue weighted by Gasteiger charge is -2.28. The number of carbonyl (C=O) groups excluding carboxylic acids is 1. The van der Waals surface area contributed by atoms with E-state index in [1.54, 1.807) is 49.5 Å². The van der Waals surface area contributed by atoms with E-state index in [9.17, 15) is 24.2 Å². The first-order valence-electron chi connectivity index (χ1n) is 11.7. The number of halogens is 1. The lowest BCUT2D eigenvalue weighted by molar-refractivity contribution is 0.0696. The van der Waals surface area contributed by atoms with Crippen LogP contribution in [0.2, 0.25) is 0 Å². The predicted octanol–water partition coefficient (Wildman–Crippen LogP) is 5.49. The Bertz CT molecular complexity index is 1400. The number of fused-ring (bicyclic) bond motifs is 1.